The topological polar surface area (TPSA) is 80.4 Å². The number of benzene rings is 1. The molecule has 0 unspecified atom stereocenters. The van der Waals surface area contributed by atoms with Crippen molar-refractivity contribution in [2.24, 2.45) is 5.73 Å². The number of fused-ring (bicyclic) bond motifs is 1. The maximum Gasteiger partial charge on any atom is 0.269 e. The highest BCUT2D eigenvalue weighted by Crippen LogP contribution is 1.99. The molecule has 3 N–H and O–H groups in total. The monoisotopic (exact) mass is 189 g/mol. The Balaban J connectivity index is 3.06. The number of carbonyl (C=O) groups is 2. The fourth-order valence-corrected chi connectivity index (χ4v) is 1.40. The van der Waals surface area contributed by atoms with E-state index in [0.717, 1.165) is 0 Å². The van der Waals surface area contributed by atoms with E-state index in [4.69, 9.17) is 5.73 Å². The van der Waals surface area contributed by atoms with Gasteiger partial charge in [0.05, 0.1) is 5.70 Å². The van der Waals surface area contributed by atoms with Crippen molar-refractivity contribution in [3.05, 3.63) is 34.7 Å². The third-order valence-electron chi connectivity index (χ3n) is 2.14. The highest BCUT2D eigenvalue weighted by atomic mass is 16.3. The first-order chi connectivity index (χ1) is 6.63. The molecule has 1 aliphatic carbocycles. The number of hydrogen-bond donors (Lipinski definition) is 2. The number of rotatable bonds is 0. The lowest BCUT2D eigenvalue weighted by molar-refractivity contribution is -0.131. The van der Waals surface area contributed by atoms with E-state index < -0.39 is 17.3 Å². The van der Waals surface area contributed by atoms with E-state index in [1.165, 1.54) is 0 Å². The lowest BCUT2D eigenvalue weighted by atomic mass is 10.0. The lowest BCUT2D eigenvalue weighted by Crippen LogP contribution is -2.43. The summed E-state index contributed by atoms with van der Waals surface area (Å²) in [6.07, 6.45) is 0. The molecule has 0 aromatic heterocycles. The normalized spacial score (nSPS) is 15.7. The second-order valence-corrected chi connectivity index (χ2v) is 2.97. The van der Waals surface area contributed by atoms with Gasteiger partial charge < -0.3 is 10.8 Å². The van der Waals surface area contributed by atoms with E-state index in [2.05, 4.69) is 0 Å². The van der Waals surface area contributed by atoms with Gasteiger partial charge in [-0.3, -0.25) is 9.59 Å². The summed E-state index contributed by atoms with van der Waals surface area (Å²) in [7, 11) is 0. The molecule has 0 aliphatic heterocycles. The molecular formula is C10H7NO3. The Morgan fingerprint density at radius 2 is 1.57 bits per heavy atom. The molecule has 0 radical (unpaired) electrons. The van der Waals surface area contributed by atoms with Gasteiger partial charge in [-0.2, -0.15) is 0 Å². The van der Waals surface area contributed by atoms with Gasteiger partial charge in [-0.15, -0.1) is 0 Å². The molecule has 2 rings (SSSR count). The van der Waals surface area contributed by atoms with E-state index >= 15 is 0 Å². The van der Waals surface area contributed by atoms with Gasteiger partial charge in [0.25, 0.3) is 11.6 Å². The van der Waals surface area contributed by atoms with Gasteiger partial charge in [0.1, 0.15) is 0 Å². The van der Waals surface area contributed by atoms with Gasteiger partial charge in [-0.1, -0.05) is 24.3 Å². The minimum atomic E-state index is -0.943. The number of Topliss-reactive ketones (excluding diaryl/α,β-unsaturated/α-hetero) is 2. The van der Waals surface area contributed by atoms with Crippen LogP contribution in [-0.2, 0) is 9.59 Å². The molecule has 0 amide bonds. The summed E-state index contributed by atoms with van der Waals surface area (Å²) in [5.41, 5.74) is 5.36. The Hall–Kier alpha value is -2.10. The van der Waals surface area contributed by atoms with Crippen LogP contribution in [0.3, 0.4) is 0 Å². The zero-order valence-corrected chi connectivity index (χ0v) is 7.15. The highest BCUT2D eigenvalue weighted by Gasteiger charge is 2.25. The van der Waals surface area contributed by atoms with Crippen molar-refractivity contribution in [3.8, 4) is 0 Å². The van der Waals surface area contributed by atoms with Crippen LogP contribution in [0, 0.1) is 0 Å². The van der Waals surface area contributed by atoms with Crippen LogP contribution in [0.4, 0.5) is 0 Å². The molecule has 0 fully saturated rings. The molecule has 1 aromatic rings. The van der Waals surface area contributed by atoms with Crippen molar-refractivity contribution in [3.63, 3.8) is 0 Å². The number of nitrogens with two attached hydrogens (primary N) is 1. The fourth-order valence-electron chi connectivity index (χ4n) is 1.40. The van der Waals surface area contributed by atoms with Crippen LogP contribution in [-0.4, -0.2) is 16.7 Å². The molecule has 0 heterocycles. The zero-order chi connectivity index (χ0) is 10.3. The Morgan fingerprint density at radius 1 is 1.00 bits per heavy atom. The van der Waals surface area contributed by atoms with Crippen LogP contribution < -0.4 is 16.2 Å². The predicted molar refractivity (Wildman–Crippen MR) is 49.3 cm³/mol. The third kappa shape index (κ3) is 0.939. The van der Waals surface area contributed by atoms with Crippen molar-refractivity contribution >= 4 is 23.0 Å². The molecule has 0 atom stereocenters. The molecular weight excluding hydrogens is 182 g/mol. The highest BCUT2D eigenvalue weighted by molar-refractivity contribution is 6.61. The number of hydrogen-bond acceptors (Lipinski definition) is 4. The van der Waals surface area contributed by atoms with Gasteiger partial charge in [0.15, 0.2) is 5.76 Å². The van der Waals surface area contributed by atoms with Gasteiger partial charge in [-0.25, -0.2) is 0 Å². The van der Waals surface area contributed by atoms with Crippen LogP contribution in [0.5, 0.6) is 0 Å². The number of ketones is 2. The van der Waals surface area contributed by atoms with E-state index in [1.54, 1.807) is 24.3 Å². The minimum Gasteiger partial charge on any atom is -0.504 e. The van der Waals surface area contributed by atoms with E-state index in [0.29, 0.717) is 10.4 Å². The van der Waals surface area contributed by atoms with Gasteiger partial charge in [0.2, 0.25) is 0 Å². The van der Waals surface area contributed by atoms with Gasteiger partial charge in [-0.05, 0) is 0 Å². The number of aliphatic hydroxyl groups is 1. The van der Waals surface area contributed by atoms with Gasteiger partial charge >= 0.3 is 0 Å². The SMILES string of the molecule is NC1=c2ccccc2=C(O)C(=O)C1=O. The zero-order valence-electron chi connectivity index (χ0n) is 7.15. The van der Waals surface area contributed by atoms with Gasteiger partial charge in [0, 0.05) is 10.4 Å². The molecule has 1 aromatic carbocycles. The maximum absolute atomic E-state index is 11.2. The fraction of sp³-hybridized carbons (Fsp3) is 0. The second kappa shape index (κ2) is 2.70. The Kier molecular flexibility index (Phi) is 1.64. The summed E-state index contributed by atoms with van der Waals surface area (Å²) < 4.78 is 0. The van der Waals surface area contributed by atoms with Crippen LogP contribution in [0.15, 0.2) is 24.3 Å². The third-order valence-corrected chi connectivity index (χ3v) is 2.14. The standard InChI is InChI=1S/C10H7NO3/c11-7-5-3-1-2-4-6(5)8(12)10(14)9(7)13/h1-4,12H,11H2. The minimum absolute atomic E-state index is 0.108. The van der Waals surface area contributed by atoms with Crippen LogP contribution >= 0.6 is 0 Å². The van der Waals surface area contributed by atoms with E-state index in [-0.39, 0.29) is 5.70 Å². The maximum atomic E-state index is 11.2. The van der Waals surface area contributed by atoms with E-state index in [1.807, 2.05) is 0 Å². The summed E-state index contributed by atoms with van der Waals surface area (Å²) in [4.78, 5) is 22.4. The van der Waals surface area contributed by atoms with Crippen LogP contribution in [0.1, 0.15) is 0 Å². The Bertz CT molecular complexity index is 506. The Labute approximate surface area is 79.0 Å². The van der Waals surface area contributed by atoms with Crippen molar-refractivity contribution in [2.75, 3.05) is 0 Å². The van der Waals surface area contributed by atoms with Crippen molar-refractivity contribution in [1.82, 2.24) is 0 Å². The number of carbonyl (C=O) groups excluding carboxylic acids is 2. The largest absolute Gasteiger partial charge is 0.504 e. The lowest BCUT2D eigenvalue weighted by Gasteiger charge is -2.06. The molecule has 4 nitrogen and oxygen atoms in total. The molecule has 70 valence electrons. The van der Waals surface area contributed by atoms with E-state index in [9.17, 15) is 14.7 Å². The van der Waals surface area contributed by atoms with Crippen molar-refractivity contribution in [1.29, 1.82) is 0 Å². The first kappa shape index (κ1) is 8.50. The molecule has 0 spiro atoms. The summed E-state index contributed by atoms with van der Waals surface area (Å²) in [6, 6.07) is 6.47. The average Bonchev–Trinajstić information content (AvgIpc) is 2.23. The first-order valence-corrected chi connectivity index (χ1v) is 4.00. The molecule has 0 bridgehead atoms. The summed E-state index contributed by atoms with van der Waals surface area (Å²) in [5, 5.41) is 10.1. The first-order valence-electron chi connectivity index (χ1n) is 4.00. The second-order valence-electron chi connectivity index (χ2n) is 2.97. The molecule has 4 heteroatoms. The molecule has 1 aliphatic rings. The van der Waals surface area contributed by atoms with Crippen molar-refractivity contribution in [2.45, 2.75) is 0 Å². The molecule has 0 saturated carbocycles. The summed E-state index contributed by atoms with van der Waals surface area (Å²) in [5.74, 6) is -2.32. The summed E-state index contributed by atoms with van der Waals surface area (Å²) in [6.45, 7) is 0. The molecule has 0 saturated heterocycles. The van der Waals surface area contributed by atoms with Crippen LogP contribution in [0.2, 0.25) is 0 Å². The molecule has 14 heavy (non-hydrogen) atoms. The number of aliphatic hydroxyl groups excluding tert-OH is 1. The van der Waals surface area contributed by atoms with Crippen molar-refractivity contribution < 1.29 is 14.7 Å². The van der Waals surface area contributed by atoms with Crippen LogP contribution in [0.25, 0.3) is 11.5 Å². The average molecular weight is 189 g/mol. The quantitative estimate of drug-likeness (QED) is 0.490. The Morgan fingerprint density at radius 3 is 2.21 bits per heavy atom. The smallest absolute Gasteiger partial charge is 0.269 e. The predicted octanol–water partition coefficient (Wildman–Crippen LogP) is -1.43. The summed E-state index contributed by atoms with van der Waals surface area (Å²) >= 11 is 0.